The van der Waals surface area contributed by atoms with Gasteiger partial charge in [0.05, 0.1) is 5.56 Å². The summed E-state index contributed by atoms with van der Waals surface area (Å²) in [5.74, 6) is -1.14. The minimum atomic E-state index is -0.536. The van der Waals surface area contributed by atoms with Gasteiger partial charge in [0.25, 0.3) is 0 Å². The first kappa shape index (κ1) is 14.7. The Hall–Kier alpha value is -2.69. The molecule has 0 spiro atoms. The molecule has 0 heterocycles. The zero-order valence-corrected chi connectivity index (χ0v) is 11.4. The van der Waals surface area contributed by atoms with E-state index in [1.165, 1.54) is 25.1 Å². The zero-order chi connectivity index (χ0) is 15.2. The fraction of sp³-hybridized carbons (Fsp3) is 0.125. The normalized spacial score (nSPS) is 10.0. The fourth-order valence-electron chi connectivity index (χ4n) is 1.79. The largest absolute Gasteiger partial charge is 0.457 e. The van der Waals surface area contributed by atoms with E-state index in [1.807, 2.05) is 0 Å². The highest BCUT2D eigenvalue weighted by Crippen LogP contribution is 2.13. The van der Waals surface area contributed by atoms with E-state index in [4.69, 9.17) is 4.74 Å². The topological polar surface area (TPSA) is 55.4 Å². The second-order valence-electron chi connectivity index (χ2n) is 4.47. The van der Waals surface area contributed by atoms with E-state index < -0.39 is 5.97 Å². The van der Waals surface area contributed by atoms with Gasteiger partial charge in [0.2, 0.25) is 5.91 Å². The van der Waals surface area contributed by atoms with Crippen LogP contribution in [0.4, 0.5) is 10.1 Å². The second kappa shape index (κ2) is 6.65. The summed E-state index contributed by atoms with van der Waals surface area (Å²) < 4.78 is 18.1. The fourth-order valence-corrected chi connectivity index (χ4v) is 1.79. The van der Waals surface area contributed by atoms with E-state index in [1.54, 1.807) is 30.3 Å². The molecule has 2 aromatic carbocycles. The summed E-state index contributed by atoms with van der Waals surface area (Å²) in [6.07, 6.45) is 0. The number of hydrogen-bond donors (Lipinski definition) is 1. The SMILES string of the molecule is CC(=O)Nc1cccc(C(=O)OCc2cccc(F)c2)c1. The van der Waals surface area contributed by atoms with E-state index in [0.29, 0.717) is 16.8 Å². The van der Waals surface area contributed by atoms with Gasteiger partial charge < -0.3 is 10.1 Å². The van der Waals surface area contributed by atoms with Gasteiger partial charge in [-0.25, -0.2) is 9.18 Å². The highest BCUT2D eigenvalue weighted by atomic mass is 19.1. The van der Waals surface area contributed by atoms with Gasteiger partial charge in [-0.2, -0.15) is 0 Å². The Morgan fingerprint density at radius 1 is 1.14 bits per heavy atom. The molecule has 0 saturated heterocycles. The Kier molecular flexibility index (Phi) is 4.66. The third kappa shape index (κ3) is 4.42. The van der Waals surface area contributed by atoms with Gasteiger partial charge in [-0.15, -0.1) is 0 Å². The molecule has 2 rings (SSSR count). The number of anilines is 1. The van der Waals surface area contributed by atoms with E-state index >= 15 is 0 Å². The number of carbonyl (C=O) groups excluding carboxylic acids is 2. The molecular weight excluding hydrogens is 273 g/mol. The summed E-state index contributed by atoms with van der Waals surface area (Å²) in [5, 5.41) is 2.59. The molecule has 0 aliphatic heterocycles. The van der Waals surface area contributed by atoms with Gasteiger partial charge >= 0.3 is 5.97 Å². The average Bonchev–Trinajstić information content (AvgIpc) is 2.44. The van der Waals surface area contributed by atoms with Gasteiger partial charge in [-0.1, -0.05) is 18.2 Å². The molecule has 1 amide bonds. The number of amides is 1. The summed E-state index contributed by atoms with van der Waals surface area (Å²) >= 11 is 0. The molecular formula is C16H14FNO3. The van der Waals surface area contributed by atoms with Crippen molar-refractivity contribution in [3.63, 3.8) is 0 Å². The number of rotatable bonds is 4. The van der Waals surface area contributed by atoms with Crippen LogP contribution in [0.5, 0.6) is 0 Å². The van der Waals surface area contributed by atoms with Crippen LogP contribution in [0, 0.1) is 5.82 Å². The lowest BCUT2D eigenvalue weighted by Gasteiger charge is -2.07. The van der Waals surface area contributed by atoms with Crippen molar-refractivity contribution in [2.24, 2.45) is 0 Å². The molecule has 0 aliphatic rings. The molecule has 5 heteroatoms. The predicted molar refractivity (Wildman–Crippen MR) is 76.3 cm³/mol. The molecule has 0 bridgehead atoms. The Balaban J connectivity index is 2.01. The molecule has 0 unspecified atom stereocenters. The van der Waals surface area contributed by atoms with Crippen LogP contribution in [0.3, 0.4) is 0 Å². The molecule has 0 saturated carbocycles. The maximum absolute atomic E-state index is 13.0. The third-order valence-corrected chi connectivity index (χ3v) is 2.68. The number of carbonyl (C=O) groups is 2. The Morgan fingerprint density at radius 2 is 1.90 bits per heavy atom. The zero-order valence-electron chi connectivity index (χ0n) is 11.4. The first-order chi connectivity index (χ1) is 10.0. The van der Waals surface area contributed by atoms with Crippen LogP contribution in [0.15, 0.2) is 48.5 Å². The van der Waals surface area contributed by atoms with Crippen LogP contribution in [0.1, 0.15) is 22.8 Å². The first-order valence-electron chi connectivity index (χ1n) is 6.34. The van der Waals surface area contributed by atoms with Gasteiger partial charge in [-0.3, -0.25) is 4.79 Å². The highest BCUT2D eigenvalue weighted by molar-refractivity contribution is 5.93. The van der Waals surface area contributed by atoms with Crippen molar-refractivity contribution < 1.29 is 18.7 Å². The molecule has 0 radical (unpaired) electrons. The van der Waals surface area contributed by atoms with Crippen LogP contribution in [0.2, 0.25) is 0 Å². The van der Waals surface area contributed by atoms with Crippen molar-refractivity contribution in [2.45, 2.75) is 13.5 Å². The Bertz CT molecular complexity index is 670. The summed E-state index contributed by atoms with van der Waals surface area (Å²) in [6, 6.07) is 12.3. The quantitative estimate of drug-likeness (QED) is 0.879. The molecule has 0 aromatic heterocycles. The maximum Gasteiger partial charge on any atom is 0.338 e. The molecule has 0 aliphatic carbocycles. The molecule has 108 valence electrons. The van der Waals surface area contributed by atoms with Crippen molar-refractivity contribution in [1.29, 1.82) is 0 Å². The van der Waals surface area contributed by atoms with Crippen LogP contribution < -0.4 is 5.32 Å². The summed E-state index contributed by atoms with van der Waals surface area (Å²) in [5.41, 5.74) is 1.40. The van der Waals surface area contributed by atoms with Crippen molar-refractivity contribution >= 4 is 17.6 Å². The maximum atomic E-state index is 13.0. The predicted octanol–water partition coefficient (Wildman–Crippen LogP) is 3.14. The summed E-state index contributed by atoms with van der Waals surface area (Å²) in [6.45, 7) is 1.37. The number of nitrogens with one attached hydrogen (secondary N) is 1. The average molecular weight is 287 g/mol. The number of benzene rings is 2. The monoisotopic (exact) mass is 287 g/mol. The summed E-state index contributed by atoms with van der Waals surface area (Å²) in [7, 11) is 0. The molecule has 0 fully saturated rings. The molecule has 1 N–H and O–H groups in total. The minimum Gasteiger partial charge on any atom is -0.457 e. The van der Waals surface area contributed by atoms with Crippen LogP contribution in [0.25, 0.3) is 0 Å². The van der Waals surface area contributed by atoms with E-state index in [2.05, 4.69) is 5.32 Å². The van der Waals surface area contributed by atoms with Crippen molar-refractivity contribution in [2.75, 3.05) is 5.32 Å². The molecule has 21 heavy (non-hydrogen) atoms. The number of esters is 1. The highest BCUT2D eigenvalue weighted by Gasteiger charge is 2.09. The lowest BCUT2D eigenvalue weighted by atomic mass is 10.2. The second-order valence-corrected chi connectivity index (χ2v) is 4.47. The minimum absolute atomic E-state index is 0.0129. The van der Waals surface area contributed by atoms with Gasteiger partial charge in [0, 0.05) is 12.6 Å². The van der Waals surface area contributed by atoms with E-state index in [0.717, 1.165) is 0 Å². The van der Waals surface area contributed by atoms with Crippen LogP contribution in [-0.4, -0.2) is 11.9 Å². The Morgan fingerprint density at radius 3 is 2.62 bits per heavy atom. The lowest BCUT2D eigenvalue weighted by Crippen LogP contribution is -2.09. The third-order valence-electron chi connectivity index (χ3n) is 2.68. The van der Waals surface area contributed by atoms with Gasteiger partial charge in [0.1, 0.15) is 12.4 Å². The first-order valence-corrected chi connectivity index (χ1v) is 6.34. The van der Waals surface area contributed by atoms with Crippen molar-refractivity contribution in [3.05, 3.63) is 65.5 Å². The van der Waals surface area contributed by atoms with E-state index in [9.17, 15) is 14.0 Å². The van der Waals surface area contributed by atoms with Crippen LogP contribution in [-0.2, 0) is 16.1 Å². The molecule has 4 nitrogen and oxygen atoms in total. The molecule has 2 aromatic rings. The lowest BCUT2D eigenvalue weighted by molar-refractivity contribution is -0.114. The standard InChI is InChI=1S/C16H14FNO3/c1-11(19)18-15-7-3-5-13(9-15)16(20)21-10-12-4-2-6-14(17)8-12/h2-9H,10H2,1H3,(H,18,19). The van der Waals surface area contributed by atoms with Crippen molar-refractivity contribution in [1.82, 2.24) is 0 Å². The van der Waals surface area contributed by atoms with E-state index in [-0.39, 0.29) is 18.3 Å². The van der Waals surface area contributed by atoms with Crippen molar-refractivity contribution in [3.8, 4) is 0 Å². The number of hydrogen-bond acceptors (Lipinski definition) is 3. The Labute approximate surface area is 121 Å². The van der Waals surface area contributed by atoms with Crippen LogP contribution >= 0.6 is 0 Å². The molecule has 0 atom stereocenters. The number of ether oxygens (including phenoxy) is 1. The van der Waals surface area contributed by atoms with Gasteiger partial charge in [0.15, 0.2) is 0 Å². The van der Waals surface area contributed by atoms with Gasteiger partial charge in [-0.05, 0) is 35.9 Å². The summed E-state index contributed by atoms with van der Waals surface area (Å²) in [4.78, 5) is 22.9. The number of halogens is 1. The smallest absolute Gasteiger partial charge is 0.338 e.